The second-order valence-corrected chi connectivity index (χ2v) is 8.61. The molecule has 0 fully saturated rings. The largest absolute Gasteiger partial charge is 0.367 e. The molecule has 0 N–H and O–H groups in total. The smallest absolute Gasteiger partial charge is 0.139 e. The molecule has 1 aromatic heterocycles. The van der Waals surface area contributed by atoms with E-state index in [0.29, 0.717) is 6.42 Å². The predicted molar refractivity (Wildman–Crippen MR) is 118 cm³/mol. The summed E-state index contributed by atoms with van der Waals surface area (Å²) in [6.07, 6.45) is 3.60. The Morgan fingerprint density at radius 1 is 1.18 bits per heavy atom. The normalized spacial score (nSPS) is 11.5. The van der Waals surface area contributed by atoms with Crippen LogP contribution in [0.1, 0.15) is 18.1 Å². The molecule has 2 aromatic carbocycles. The van der Waals surface area contributed by atoms with Gasteiger partial charge in [0.2, 0.25) is 0 Å². The van der Waals surface area contributed by atoms with Crippen molar-refractivity contribution in [3.63, 3.8) is 0 Å². The van der Waals surface area contributed by atoms with Crippen molar-refractivity contribution in [2.24, 2.45) is 0 Å². The summed E-state index contributed by atoms with van der Waals surface area (Å²) < 4.78 is 15.3. The number of anilines is 1. The lowest BCUT2D eigenvalue weighted by molar-refractivity contribution is -0.106. The molecule has 0 saturated carbocycles. The molecular formula is C23H22FNOS2. The second kappa shape index (κ2) is 9.71. The molecule has 1 heterocycles. The first-order chi connectivity index (χ1) is 13.6. The molecule has 2 nitrogen and oxygen atoms in total. The van der Waals surface area contributed by atoms with Crippen LogP contribution >= 0.6 is 23.1 Å². The van der Waals surface area contributed by atoms with Crippen LogP contribution in [0, 0.1) is 5.82 Å². The summed E-state index contributed by atoms with van der Waals surface area (Å²) in [6, 6.07) is 17.2. The molecule has 144 valence electrons. The van der Waals surface area contributed by atoms with Crippen molar-refractivity contribution in [1.82, 2.24) is 0 Å². The zero-order valence-electron chi connectivity index (χ0n) is 15.9. The van der Waals surface area contributed by atoms with Crippen LogP contribution < -0.4 is 4.90 Å². The first kappa shape index (κ1) is 20.4. The molecule has 0 aliphatic carbocycles. The molecule has 0 aliphatic rings. The van der Waals surface area contributed by atoms with E-state index in [1.54, 1.807) is 35.2 Å². The molecule has 5 heteroatoms. The maximum Gasteiger partial charge on any atom is 0.139 e. The minimum atomic E-state index is -0.276. The monoisotopic (exact) mass is 411 g/mol. The number of halogens is 1. The van der Waals surface area contributed by atoms with Gasteiger partial charge >= 0.3 is 0 Å². The van der Waals surface area contributed by atoms with Gasteiger partial charge in [-0.15, -0.1) is 11.3 Å². The van der Waals surface area contributed by atoms with E-state index in [2.05, 4.69) is 23.6 Å². The third-order valence-corrected chi connectivity index (χ3v) is 6.70. The first-order valence-corrected chi connectivity index (χ1v) is 10.7. The van der Waals surface area contributed by atoms with Gasteiger partial charge < -0.3 is 9.69 Å². The van der Waals surface area contributed by atoms with Gasteiger partial charge in [0.05, 0.1) is 10.8 Å². The highest BCUT2D eigenvalue weighted by molar-refractivity contribution is 8.01. The van der Waals surface area contributed by atoms with Crippen LogP contribution in [0.15, 0.2) is 75.2 Å². The highest BCUT2D eigenvalue weighted by Gasteiger charge is 2.15. The molecule has 0 saturated heterocycles. The minimum absolute atomic E-state index is 0.267. The average Bonchev–Trinajstić information content (AvgIpc) is 3.13. The Balaban J connectivity index is 1.90. The Labute approximate surface area is 173 Å². The zero-order valence-corrected chi connectivity index (χ0v) is 17.5. The number of nitrogens with zero attached hydrogens (tertiary/aromatic N) is 1. The lowest BCUT2D eigenvalue weighted by Gasteiger charge is -2.22. The number of rotatable bonds is 8. The van der Waals surface area contributed by atoms with E-state index >= 15 is 0 Å². The number of thiophene rings is 1. The van der Waals surface area contributed by atoms with Gasteiger partial charge in [-0.05, 0) is 66.3 Å². The quantitative estimate of drug-likeness (QED) is 0.405. The third-order valence-electron chi connectivity index (χ3n) is 4.45. The highest BCUT2D eigenvalue weighted by atomic mass is 32.2. The van der Waals surface area contributed by atoms with Crippen LogP contribution in [0.3, 0.4) is 0 Å². The van der Waals surface area contributed by atoms with Gasteiger partial charge in [0, 0.05) is 23.2 Å². The van der Waals surface area contributed by atoms with E-state index in [-0.39, 0.29) is 12.4 Å². The SMILES string of the molecule is C/C=C(\Cc1ccsc1Sc1ccccc1)c1cc(F)ccc1N(C)CC=O. The van der Waals surface area contributed by atoms with Crippen LogP contribution in [-0.2, 0) is 11.2 Å². The molecule has 0 bridgehead atoms. The summed E-state index contributed by atoms with van der Waals surface area (Å²) >= 11 is 3.47. The topological polar surface area (TPSA) is 20.3 Å². The van der Waals surface area contributed by atoms with Gasteiger partial charge in [-0.2, -0.15) is 0 Å². The fraction of sp³-hybridized carbons (Fsp3) is 0.174. The molecule has 3 aromatic rings. The van der Waals surface area contributed by atoms with Crippen molar-refractivity contribution in [2.75, 3.05) is 18.5 Å². The fourth-order valence-electron chi connectivity index (χ4n) is 3.00. The molecule has 0 aliphatic heterocycles. The average molecular weight is 412 g/mol. The predicted octanol–water partition coefficient (Wildman–Crippen LogP) is 6.32. The summed E-state index contributed by atoms with van der Waals surface area (Å²) in [5.74, 6) is -0.276. The fourth-order valence-corrected chi connectivity index (χ4v) is 5.08. The van der Waals surface area contributed by atoms with Crippen molar-refractivity contribution >= 4 is 40.6 Å². The number of hydrogen-bond donors (Lipinski definition) is 0. The molecule has 0 spiro atoms. The molecular weight excluding hydrogens is 389 g/mol. The standard InChI is InChI=1S/C23H22FNOS2/c1-3-17(21-16-19(24)9-10-22(21)25(2)12-13-26)15-18-11-14-27-23(18)28-20-7-5-4-6-8-20/h3-11,13-14,16H,12,15H2,1-2H3/b17-3+. The third kappa shape index (κ3) is 4.91. The van der Waals surface area contributed by atoms with Crippen molar-refractivity contribution in [1.29, 1.82) is 0 Å². The van der Waals surface area contributed by atoms with E-state index in [0.717, 1.165) is 23.1 Å². The lowest BCUT2D eigenvalue weighted by atomic mass is 9.97. The van der Waals surface area contributed by atoms with Crippen molar-refractivity contribution < 1.29 is 9.18 Å². The van der Waals surface area contributed by atoms with Crippen molar-refractivity contribution in [3.05, 3.63) is 83.0 Å². The summed E-state index contributed by atoms with van der Waals surface area (Å²) in [6.45, 7) is 2.24. The number of aldehydes is 1. The Hall–Kier alpha value is -2.37. The van der Waals surface area contributed by atoms with Crippen molar-refractivity contribution in [3.8, 4) is 0 Å². The van der Waals surface area contributed by atoms with Crippen LogP contribution in [0.25, 0.3) is 5.57 Å². The van der Waals surface area contributed by atoms with Crippen LogP contribution in [0.4, 0.5) is 10.1 Å². The molecule has 3 rings (SSSR count). The first-order valence-electron chi connectivity index (χ1n) is 9.01. The van der Waals surface area contributed by atoms with E-state index < -0.39 is 0 Å². The number of benzene rings is 2. The van der Waals surface area contributed by atoms with Gasteiger partial charge in [0.15, 0.2) is 0 Å². The summed E-state index contributed by atoms with van der Waals surface area (Å²) in [5.41, 5.74) is 3.95. The highest BCUT2D eigenvalue weighted by Crippen LogP contribution is 2.38. The number of allylic oxidation sites excluding steroid dienone is 2. The maximum atomic E-state index is 14.0. The molecule has 0 radical (unpaired) electrons. The lowest BCUT2D eigenvalue weighted by Crippen LogP contribution is -2.20. The second-order valence-electron chi connectivity index (χ2n) is 6.35. The summed E-state index contributed by atoms with van der Waals surface area (Å²) in [7, 11) is 1.85. The van der Waals surface area contributed by atoms with Crippen LogP contribution in [-0.4, -0.2) is 19.9 Å². The van der Waals surface area contributed by atoms with E-state index in [1.807, 2.05) is 43.1 Å². The van der Waals surface area contributed by atoms with Crippen LogP contribution in [0.2, 0.25) is 0 Å². The van der Waals surface area contributed by atoms with Gasteiger partial charge in [-0.25, -0.2) is 4.39 Å². The van der Waals surface area contributed by atoms with Gasteiger partial charge in [-0.1, -0.05) is 36.0 Å². The summed E-state index contributed by atoms with van der Waals surface area (Å²) in [5, 5.41) is 2.10. The molecule has 0 amide bonds. The van der Waals surface area contributed by atoms with Crippen molar-refractivity contribution in [2.45, 2.75) is 22.4 Å². The minimum Gasteiger partial charge on any atom is -0.367 e. The molecule has 0 unspecified atom stereocenters. The number of carbonyl (C=O) groups is 1. The zero-order chi connectivity index (χ0) is 19.9. The van der Waals surface area contributed by atoms with Gasteiger partial charge in [-0.3, -0.25) is 0 Å². The maximum absolute atomic E-state index is 14.0. The van der Waals surface area contributed by atoms with E-state index in [4.69, 9.17) is 0 Å². The number of hydrogen-bond acceptors (Lipinski definition) is 4. The molecule has 28 heavy (non-hydrogen) atoms. The molecule has 0 atom stereocenters. The number of carbonyl (C=O) groups excluding carboxylic acids is 1. The van der Waals surface area contributed by atoms with Gasteiger partial charge in [0.25, 0.3) is 0 Å². The Morgan fingerprint density at radius 2 is 1.96 bits per heavy atom. The van der Waals surface area contributed by atoms with E-state index in [9.17, 15) is 9.18 Å². The Kier molecular flexibility index (Phi) is 7.06. The number of likely N-dealkylation sites (N-methyl/N-ethyl adjacent to an activating group) is 1. The summed E-state index contributed by atoms with van der Waals surface area (Å²) in [4.78, 5) is 14.0. The van der Waals surface area contributed by atoms with Gasteiger partial charge in [0.1, 0.15) is 12.1 Å². The Bertz CT molecular complexity index is 966. The van der Waals surface area contributed by atoms with Crippen LogP contribution in [0.5, 0.6) is 0 Å². The Morgan fingerprint density at radius 3 is 2.68 bits per heavy atom. The van der Waals surface area contributed by atoms with E-state index in [1.165, 1.54) is 20.7 Å².